The molecular weight excluding hydrogens is 234 g/mol. The molecule has 1 heterocycles. The molecule has 81 valence electrons. The second-order valence-electron chi connectivity index (χ2n) is 3.97. The molecule has 1 fully saturated rings. The van der Waals surface area contributed by atoms with Gasteiger partial charge in [-0.05, 0) is 48.5 Å². The Hall–Kier alpha value is -0.413. The van der Waals surface area contributed by atoms with Gasteiger partial charge in [0.15, 0.2) is 19.7 Å². The Morgan fingerprint density at radius 2 is 1.80 bits per heavy atom. The van der Waals surface area contributed by atoms with Crippen molar-refractivity contribution >= 4 is 19.2 Å². The molecule has 0 saturated carbocycles. The minimum Gasteiger partial charge on any atom is -0.204 e. The average Bonchev–Trinajstić information content (AvgIpc) is 2.23. The fraction of sp³-hybridized carbons (Fsp3) is 0.455. The first-order valence-electron chi connectivity index (χ1n) is 5.12. The van der Waals surface area contributed by atoms with E-state index >= 15 is 0 Å². The molecule has 0 N–H and O–H groups in total. The summed E-state index contributed by atoms with van der Waals surface area (Å²) in [5, 5.41) is 0. The standard InChI is InChI=1S/C11H12ClF2Si/c12-15-5-3-8(4-6-15)9-1-2-10(13)11(14)7-9/h1-2,7-8H,3-6H2. The summed E-state index contributed by atoms with van der Waals surface area (Å²) in [6, 6.07) is 6.36. The van der Waals surface area contributed by atoms with Gasteiger partial charge in [0, 0.05) is 0 Å². The number of hydrogen-bond donors (Lipinski definition) is 0. The summed E-state index contributed by atoms with van der Waals surface area (Å²) < 4.78 is 25.8. The monoisotopic (exact) mass is 245 g/mol. The van der Waals surface area contributed by atoms with Crippen LogP contribution in [0.2, 0.25) is 12.1 Å². The van der Waals surface area contributed by atoms with E-state index in [9.17, 15) is 8.78 Å². The van der Waals surface area contributed by atoms with E-state index < -0.39 is 19.7 Å². The summed E-state index contributed by atoms with van der Waals surface area (Å²) in [5.41, 5.74) is 0.917. The molecule has 0 aliphatic carbocycles. The van der Waals surface area contributed by atoms with E-state index in [2.05, 4.69) is 0 Å². The summed E-state index contributed by atoms with van der Waals surface area (Å²) in [5.74, 6) is -1.14. The second-order valence-corrected chi connectivity index (χ2v) is 7.60. The molecule has 1 aliphatic rings. The van der Waals surface area contributed by atoms with Crippen LogP contribution in [-0.4, -0.2) is 8.11 Å². The van der Waals surface area contributed by atoms with Gasteiger partial charge in [0.05, 0.1) is 0 Å². The highest BCUT2D eigenvalue weighted by atomic mass is 35.6. The molecule has 1 aromatic rings. The van der Waals surface area contributed by atoms with Gasteiger partial charge in [0.1, 0.15) is 0 Å². The van der Waals surface area contributed by atoms with Crippen molar-refractivity contribution in [1.82, 2.24) is 0 Å². The first-order valence-corrected chi connectivity index (χ1v) is 8.04. The maximum atomic E-state index is 13.0. The predicted molar refractivity (Wildman–Crippen MR) is 59.6 cm³/mol. The predicted octanol–water partition coefficient (Wildman–Crippen LogP) is 4.07. The number of halogens is 3. The van der Waals surface area contributed by atoms with Crippen LogP contribution >= 0.6 is 11.1 Å². The molecule has 0 aromatic heterocycles. The summed E-state index contributed by atoms with van der Waals surface area (Å²) in [6.07, 6.45) is 2.03. The minimum atomic E-state index is -0.767. The third-order valence-electron chi connectivity index (χ3n) is 2.94. The van der Waals surface area contributed by atoms with E-state index in [1.54, 1.807) is 6.07 Å². The molecule has 0 nitrogen and oxygen atoms in total. The maximum Gasteiger partial charge on any atom is 0.165 e. The van der Waals surface area contributed by atoms with E-state index in [0.29, 0.717) is 5.92 Å². The normalized spacial score (nSPS) is 19.4. The van der Waals surface area contributed by atoms with E-state index in [1.807, 2.05) is 0 Å². The third kappa shape index (κ3) is 2.58. The number of benzene rings is 1. The van der Waals surface area contributed by atoms with Crippen LogP contribution < -0.4 is 0 Å². The Bertz CT molecular complexity index is 348. The first kappa shape index (κ1) is 11.1. The van der Waals surface area contributed by atoms with Crippen molar-refractivity contribution in [2.24, 2.45) is 0 Å². The highest BCUT2D eigenvalue weighted by molar-refractivity contribution is 7.07. The smallest absolute Gasteiger partial charge is 0.165 e. The molecule has 15 heavy (non-hydrogen) atoms. The van der Waals surface area contributed by atoms with Crippen LogP contribution in [-0.2, 0) is 0 Å². The fourth-order valence-electron chi connectivity index (χ4n) is 2.03. The average molecular weight is 246 g/mol. The van der Waals surface area contributed by atoms with Crippen molar-refractivity contribution < 1.29 is 8.78 Å². The van der Waals surface area contributed by atoms with Crippen molar-refractivity contribution in [3.63, 3.8) is 0 Å². The molecule has 4 heteroatoms. The highest BCUT2D eigenvalue weighted by Gasteiger charge is 2.22. The van der Waals surface area contributed by atoms with Gasteiger partial charge in [0.2, 0.25) is 0 Å². The first-order chi connectivity index (χ1) is 7.16. The maximum absolute atomic E-state index is 13.0. The summed E-state index contributed by atoms with van der Waals surface area (Å²) in [4.78, 5) is 0. The topological polar surface area (TPSA) is 0 Å². The van der Waals surface area contributed by atoms with Crippen molar-refractivity contribution in [2.75, 3.05) is 0 Å². The summed E-state index contributed by atoms with van der Waals surface area (Å²) in [7, 11) is -0.646. The van der Waals surface area contributed by atoms with E-state index in [4.69, 9.17) is 11.1 Å². The number of hydrogen-bond acceptors (Lipinski definition) is 0. The molecule has 0 amide bonds. The lowest BCUT2D eigenvalue weighted by Crippen LogP contribution is -2.15. The Balaban J connectivity index is 2.12. The zero-order valence-electron chi connectivity index (χ0n) is 8.27. The van der Waals surface area contributed by atoms with Crippen LogP contribution in [0.3, 0.4) is 0 Å². The number of rotatable bonds is 1. The van der Waals surface area contributed by atoms with Crippen LogP contribution in [0.25, 0.3) is 0 Å². The van der Waals surface area contributed by atoms with Gasteiger partial charge in [-0.15, -0.1) is 0 Å². The molecular formula is C11H12ClF2Si. The SMILES string of the molecule is Fc1ccc(C2CC[Si](Cl)CC2)cc1F. The van der Waals surface area contributed by atoms with Crippen LogP contribution in [0.4, 0.5) is 8.78 Å². The van der Waals surface area contributed by atoms with Gasteiger partial charge < -0.3 is 0 Å². The minimum absolute atomic E-state index is 0.368. The van der Waals surface area contributed by atoms with Crippen LogP contribution in [0.1, 0.15) is 24.3 Å². The van der Waals surface area contributed by atoms with Gasteiger partial charge >= 0.3 is 0 Å². The Morgan fingerprint density at radius 3 is 2.40 bits per heavy atom. The van der Waals surface area contributed by atoms with E-state index in [1.165, 1.54) is 12.1 Å². The van der Waals surface area contributed by atoms with Crippen molar-refractivity contribution in [2.45, 2.75) is 30.8 Å². The van der Waals surface area contributed by atoms with E-state index in [0.717, 1.165) is 30.5 Å². The zero-order chi connectivity index (χ0) is 10.8. The molecule has 0 unspecified atom stereocenters. The van der Waals surface area contributed by atoms with E-state index in [-0.39, 0.29) is 0 Å². The molecule has 0 atom stereocenters. The Kier molecular flexibility index (Phi) is 3.41. The van der Waals surface area contributed by atoms with Gasteiger partial charge in [-0.25, -0.2) is 8.78 Å². The van der Waals surface area contributed by atoms with Crippen molar-refractivity contribution in [3.8, 4) is 0 Å². The lowest BCUT2D eigenvalue weighted by molar-refractivity contribution is 0.502. The highest BCUT2D eigenvalue weighted by Crippen LogP contribution is 2.34. The Labute approximate surface area is 94.6 Å². The van der Waals surface area contributed by atoms with Crippen LogP contribution in [0.15, 0.2) is 18.2 Å². The zero-order valence-corrected chi connectivity index (χ0v) is 10.0. The molecule has 1 radical (unpaired) electrons. The second kappa shape index (κ2) is 4.62. The molecule has 0 bridgehead atoms. The fourth-order valence-corrected chi connectivity index (χ4v) is 4.26. The van der Waals surface area contributed by atoms with Gasteiger partial charge in [-0.1, -0.05) is 6.07 Å². The molecule has 1 saturated heterocycles. The molecule has 0 spiro atoms. The van der Waals surface area contributed by atoms with Gasteiger partial charge in [0.25, 0.3) is 0 Å². The Morgan fingerprint density at radius 1 is 1.13 bits per heavy atom. The molecule has 2 rings (SSSR count). The molecule has 1 aliphatic heterocycles. The summed E-state index contributed by atoms with van der Waals surface area (Å²) >= 11 is 6.09. The third-order valence-corrected chi connectivity index (χ3v) is 5.74. The van der Waals surface area contributed by atoms with Crippen molar-refractivity contribution in [1.29, 1.82) is 0 Å². The summed E-state index contributed by atoms with van der Waals surface area (Å²) in [6.45, 7) is 0. The van der Waals surface area contributed by atoms with Crippen LogP contribution in [0, 0.1) is 11.6 Å². The lowest BCUT2D eigenvalue weighted by atomic mass is 9.93. The lowest BCUT2D eigenvalue weighted by Gasteiger charge is -2.24. The largest absolute Gasteiger partial charge is 0.204 e. The van der Waals surface area contributed by atoms with Gasteiger partial charge in [-0.3, -0.25) is 0 Å². The van der Waals surface area contributed by atoms with Gasteiger partial charge in [-0.2, -0.15) is 11.1 Å². The van der Waals surface area contributed by atoms with Crippen molar-refractivity contribution in [3.05, 3.63) is 35.4 Å². The molecule has 1 aromatic carbocycles. The quantitative estimate of drug-likeness (QED) is 0.517. The van der Waals surface area contributed by atoms with Crippen LogP contribution in [0.5, 0.6) is 0 Å².